The van der Waals surface area contributed by atoms with Gasteiger partial charge in [0.2, 0.25) is 10.0 Å². The van der Waals surface area contributed by atoms with Gasteiger partial charge in [-0.15, -0.1) is 11.3 Å². The fourth-order valence-electron chi connectivity index (χ4n) is 3.96. The fourth-order valence-corrected chi connectivity index (χ4v) is 5.82. The molecule has 0 unspecified atom stereocenters. The van der Waals surface area contributed by atoms with Crippen molar-refractivity contribution in [3.8, 4) is 11.3 Å². The summed E-state index contributed by atoms with van der Waals surface area (Å²) in [5.41, 5.74) is 3.03. The van der Waals surface area contributed by atoms with Crippen LogP contribution in [-0.2, 0) is 16.6 Å². The topological polar surface area (TPSA) is 79.4 Å². The number of thiazole rings is 1. The Kier molecular flexibility index (Phi) is 6.65. The zero-order valence-corrected chi connectivity index (χ0v) is 21.1. The van der Waals surface area contributed by atoms with Gasteiger partial charge >= 0.3 is 0 Å². The average Bonchev–Trinajstić information content (AvgIpc) is 3.37. The molecule has 6 nitrogen and oxygen atoms in total. The maximum Gasteiger partial charge on any atom is 0.257 e. The first-order valence-electron chi connectivity index (χ1n) is 11.3. The van der Waals surface area contributed by atoms with Crippen molar-refractivity contribution in [2.24, 2.45) is 0 Å². The highest BCUT2D eigenvalue weighted by Gasteiger charge is 2.21. The second kappa shape index (κ2) is 10.0. The van der Waals surface area contributed by atoms with E-state index in [2.05, 4.69) is 28.5 Å². The number of carbonyl (C=O) groups is 1. The minimum atomic E-state index is -3.69. The number of hydrogen-bond acceptors (Lipinski definition) is 5. The maximum atomic E-state index is 13.0. The van der Waals surface area contributed by atoms with Crippen molar-refractivity contribution >= 4 is 43.2 Å². The number of aromatic nitrogens is 1. The molecule has 0 saturated carbocycles. The van der Waals surface area contributed by atoms with Crippen LogP contribution in [0.4, 0.5) is 5.13 Å². The number of carbonyl (C=O) groups excluding carboxylic acids is 1. The zero-order chi connectivity index (χ0) is 25.1. The predicted octanol–water partition coefficient (Wildman–Crippen LogP) is 6.04. The number of fused-ring (bicyclic) bond motifs is 1. The van der Waals surface area contributed by atoms with Crippen LogP contribution >= 0.6 is 11.3 Å². The summed E-state index contributed by atoms with van der Waals surface area (Å²) >= 11 is 1.34. The second-order valence-corrected chi connectivity index (χ2v) is 11.2. The monoisotopic (exact) mass is 513 g/mol. The van der Waals surface area contributed by atoms with E-state index < -0.39 is 10.0 Å². The van der Waals surface area contributed by atoms with E-state index in [9.17, 15) is 13.2 Å². The first-order chi connectivity index (χ1) is 17.4. The molecular weight excluding hydrogens is 490 g/mol. The van der Waals surface area contributed by atoms with E-state index in [1.54, 1.807) is 7.05 Å². The molecule has 1 N–H and O–H groups in total. The number of amides is 1. The highest BCUT2D eigenvalue weighted by Crippen LogP contribution is 2.31. The lowest BCUT2D eigenvalue weighted by molar-refractivity contribution is 0.102. The second-order valence-electron chi connectivity index (χ2n) is 8.29. The largest absolute Gasteiger partial charge is 0.298 e. The van der Waals surface area contributed by atoms with Gasteiger partial charge < -0.3 is 0 Å². The zero-order valence-electron chi connectivity index (χ0n) is 19.5. The van der Waals surface area contributed by atoms with Gasteiger partial charge in [-0.1, -0.05) is 72.8 Å². The molecule has 0 saturated heterocycles. The average molecular weight is 514 g/mol. The van der Waals surface area contributed by atoms with Crippen molar-refractivity contribution in [1.29, 1.82) is 0 Å². The van der Waals surface area contributed by atoms with Crippen LogP contribution < -0.4 is 5.32 Å². The van der Waals surface area contributed by atoms with Gasteiger partial charge in [-0.05, 0) is 40.6 Å². The van der Waals surface area contributed by atoms with Crippen molar-refractivity contribution in [3.05, 3.63) is 114 Å². The predicted molar refractivity (Wildman–Crippen MR) is 145 cm³/mol. The maximum absolute atomic E-state index is 13.0. The third-order valence-corrected chi connectivity index (χ3v) is 8.44. The minimum Gasteiger partial charge on any atom is -0.298 e. The molecule has 0 atom stereocenters. The lowest BCUT2D eigenvalue weighted by Gasteiger charge is -2.17. The van der Waals surface area contributed by atoms with Crippen LogP contribution in [0.15, 0.2) is 107 Å². The lowest BCUT2D eigenvalue weighted by atomic mass is 10.0. The fraction of sp³-hybridized carbons (Fsp3) is 0.0714. The molecule has 180 valence electrons. The summed E-state index contributed by atoms with van der Waals surface area (Å²) in [5.74, 6) is -0.351. The van der Waals surface area contributed by atoms with Crippen molar-refractivity contribution in [1.82, 2.24) is 9.29 Å². The van der Waals surface area contributed by atoms with Crippen LogP contribution in [0.5, 0.6) is 0 Å². The van der Waals surface area contributed by atoms with E-state index >= 15 is 0 Å². The molecule has 8 heteroatoms. The molecule has 1 heterocycles. The number of sulfonamides is 1. The lowest BCUT2D eigenvalue weighted by Crippen LogP contribution is -2.26. The van der Waals surface area contributed by atoms with E-state index in [-0.39, 0.29) is 17.3 Å². The number of rotatable bonds is 7. The molecular formula is C28H23N3O3S2. The molecule has 1 aromatic heterocycles. The van der Waals surface area contributed by atoms with Crippen LogP contribution in [-0.4, -0.2) is 30.7 Å². The number of nitrogens with zero attached hydrogens (tertiary/aromatic N) is 2. The van der Waals surface area contributed by atoms with E-state index in [1.165, 1.54) is 39.9 Å². The smallest absolute Gasteiger partial charge is 0.257 e. The molecule has 5 rings (SSSR count). The van der Waals surface area contributed by atoms with Crippen molar-refractivity contribution < 1.29 is 13.2 Å². The standard InChI is InChI=1S/C28H23N3O3S2/c1-31(18-20-8-3-2-4-9-20)36(33,34)23-16-14-22(15-17-23)27(32)30-28-29-26(19-35-28)25-13-7-11-21-10-5-6-12-24(21)25/h2-17,19H,18H2,1H3,(H,29,30,32). The van der Waals surface area contributed by atoms with Crippen molar-refractivity contribution in [2.45, 2.75) is 11.4 Å². The number of anilines is 1. The molecule has 36 heavy (non-hydrogen) atoms. The van der Waals surface area contributed by atoms with Gasteiger partial charge in [-0.25, -0.2) is 13.4 Å². The van der Waals surface area contributed by atoms with Gasteiger partial charge in [0.25, 0.3) is 5.91 Å². The van der Waals surface area contributed by atoms with E-state index in [0.29, 0.717) is 10.7 Å². The van der Waals surface area contributed by atoms with Gasteiger partial charge in [0.15, 0.2) is 5.13 Å². The molecule has 1 amide bonds. The minimum absolute atomic E-state index is 0.130. The third kappa shape index (κ3) is 4.92. The Labute approximate surface area is 213 Å². The van der Waals surface area contributed by atoms with E-state index in [4.69, 9.17) is 0 Å². The van der Waals surface area contributed by atoms with E-state index in [0.717, 1.165) is 27.6 Å². The summed E-state index contributed by atoms with van der Waals surface area (Å²) in [6.45, 7) is 0.258. The summed E-state index contributed by atoms with van der Waals surface area (Å²) in [6, 6.07) is 29.5. The van der Waals surface area contributed by atoms with E-state index in [1.807, 2.05) is 60.0 Å². The Morgan fingerprint density at radius 3 is 2.36 bits per heavy atom. The van der Waals surface area contributed by atoms with Crippen LogP contribution in [0, 0.1) is 0 Å². The highest BCUT2D eigenvalue weighted by molar-refractivity contribution is 7.89. The Hall–Kier alpha value is -3.85. The Morgan fingerprint density at radius 1 is 0.889 bits per heavy atom. The van der Waals surface area contributed by atoms with Crippen molar-refractivity contribution in [2.75, 3.05) is 12.4 Å². The van der Waals surface area contributed by atoms with Gasteiger partial charge in [0.1, 0.15) is 0 Å². The quantitative estimate of drug-likeness (QED) is 0.288. The Bertz CT molecular complexity index is 1620. The molecule has 0 aliphatic heterocycles. The molecule has 0 spiro atoms. The van der Waals surface area contributed by atoms with Crippen LogP contribution in [0.3, 0.4) is 0 Å². The molecule has 0 fully saturated rings. The highest BCUT2D eigenvalue weighted by atomic mass is 32.2. The summed E-state index contributed by atoms with van der Waals surface area (Å²) in [4.78, 5) is 17.5. The molecule has 0 radical (unpaired) electrons. The Balaban J connectivity index is 1.29. The first kappa shape index (κ1) is 23.9. The van der Waals surface area contributed by atoms with Gasteiger partial charge in [0.05, 0.1) is 10.6 Å². The normalized spacial score (nSPS) is 11.6. The molecule has 0 aliphatic rings. The SMILES string of the molecule is CN(Cc1ccccc1)S(=O)(=O)c1ccc(C(=O)Nc2nc(-c3cccc4ccccc34)cs2)cc1. The summed E-state index contributed by atoms with van der Waals surface area (Å²) in [7, 11) is -2.15. The van der Waals surface area contributed by atoms with Crippen LogP contribution in [0.1, 0.15) is 15.9 Å². The molecule has 0 bridgehead atoms. The number of hydrogen-bond donors (Lipinski definition) is 1. The molecule has 0 aliphatic carbocycles. The number of nitrogens with one attached hydrogen (secondary N) is 1. The van der Waals surface area contributed by atoms with Gasteiger partial charge in [-0.2, -0.15) is 4.31 Å². The van der Waals surface area contributed by atoms with Crippen LogP contribution in [0.25, 0.3) is 22.0 Å². The third-order valence-electron chi connectivity index (χ3n) is 5.86. The van der Waals surface area contributed by atoms with Crippen LogP contribution in [0.2, 0.25) is 0 Å². The van der Waals surface area contributed by atoms with Gasteiger partial charge in [0, 0.05) is 30.1 Å². The summed E-state index contributed by atoms with van der Waals surface area (Å²) in [5, 5.41) is 7.42. The Morgan fingerprint density at radius 2 is 1.58 bits per heavy atom. The summed E-state index contributed by atoms with van der Waals surface area (Å²) < 4.78 is 27.2. The molecule has 5 aromatic rings. The first-order valence-corrected chi connectivity index (χ1v) is 13.6. The van der Waals surface area contributed by atoms with Crippen molar-refractivity contribution in [3.63, 3.8) is 0 Å². The summed E-state index contributed by atoms with van der Waals surface area (Å²) in [6.07, 6.45) is 0. The molecule has 4 aromatic carbocycles. The number of benzene rings is 4. The van der Waals surface area contributed by atoms with Gasteiger partial charge in [-0.3, -0.25) is 10.1 Å².